The lowest BCUT2D eigenvalue weighted by molar-refractivity contribution is 0.173. The Hall–Kier alpha value is 0. The topological polar surface area (TPSA) is 0 Å². The summed E-state index contributed by atoms with van der Waals surface area (Å²) in [4.78, 5) is 0. The summed E-state index contributed by atoms with van der Waals surface area (Å²) in [6.45, 7) is 19.3. The first kappa shape index (κ1) is 20.0. The van der Waals surface area contributed by atoms with E-state index in [0.717, 1.165) is 35.5 Å². The fourth-order valence-electron chi connectivity index (χ4n) is 3.69. The summed E-state index contributed by atoms with van der Waals surface area (Å²) in [7, 11) is 0. The lowest BCUT2D eigenvalue weighted by Gasteiger charge is -2.33. The molecule has 0 saturated heterocycles. The maximum absolute atomic E-state index is 2.50. The quantitative estimate of drug-likeness (QED) is 0.376. The number of rotatable bonds is 11. The van der Waals surface area contributed by atoms with Gasteiger partial charge in [-0.1, -0.05) is 81.1 Å². The minimum absolute atomic E-state index is 0.871. The van der Waals surface area contributed by atoms with Gasteiger partial charge in [0.25, 0.3) is 0 Å². The molecule has 0 heterocycles. The van der Waals surface area contributed by atoms with E-state index in [4.69, 9.17) is 0 Å². The third-order valence-corrected chi connectivity index (χ3v) is 6.23. The van der Waals surface area contributed by atoms with Crippen molar-refractivity contribution in [3.63, 3.8) is 0 Å². The van der Waals surface area contributed by atoms with E-state index in [-0.39, 0.29) is 0 Å². The van der Waals surface area contributed by atoms with E-state index in [9.17, 15) is 0 Å². The van der Waals surface area contributed by atoms with Crippen molar-refractivity contribution in [1.29, 1.82) is 0 Å². The third-order valence-electron chi connectivity index (χ3n) is 6.23. The molecule has 0 rings (SSSR count). The molecule has 6 atom stereocenters. The SMILES string of the molecule is CCC(C)CC(CC)C(CC)CC(C)C(C)C(C)CC. The Morgan fingerprint density at radius 3 is 1.45 bits per heavy atom. The van der Waals surface area contributed by atoms with Gasteiger partial charge in [0.2, 0.25) is 0 Å². The molecule has 0 aromatic rings. The average Bonchev–Trinajstić information content (AvgIpc) is 2.48. The van der Waals surface area contributed by atoms with E-state index in [1.165, 1.54) is 38.5 Å². The van der Waals surface area contributed by atoms with E-state index in [2.05, 4.69) is 55.4 Å². The Morgan fingerprint density at radius 1 is 0.550 bits per heavy atom. The smallest absolute Gasteiger partial charge is 0.0386 e. The fourth-order valence-corrected chi connectivity index (χ4v) is 3.69. The Balaban J connectivity index is 4.56. The highest BCUT2D eigenvalue weighted by Crippen LogP contribution is 2.35. The standard InChI is InChI=1S/C20H42/c1-9-15(5)13-19(11-3)20(12-4)14-17(7)18(8)16(6)10-2/h15-20H,9-14H2,1-8H3. The molecule has 0 aliphatic heterocycles. The molecule has 0 bridgehead atoms. The Labute approximate surface area is 130 Å². The van der Waals surface area contributed by atoms with Gasteiger partial charge in [-0.2, -0.15) is 0 Å². The number of hydrogen-bond acceptors (Lipinski definition) is 0. The second-order valence-electron chi connectivity index (χ2n) is 7.54. The molecule has 0 nitrogen and oxygen atoms in total. The zero-order valence-corrected chi connectivity index (χ0v) is 15.7. The maximum atomic E-state index is 2.50. The van der Waals surface area contributed by atoms with Crippen molar-refractivity contribution in [3.8, 4) is 0 Å². The molecule has 20 heavy (non-hydrogen) atoms. The lowest BCUT2D eigenvalue weighted by atomic mass is 9.73. The molecule has 0 aliphatic rings. The molecule has 0 heteroatoms. The minimum Gasteiger partial charge on any atom is -0.0651 e. The van der Waals surface area contributed by atoms with Gasteiger partial charge in [-0.15, -0.1) is 0 Å². The van der Waals surface area contributed by atoms with Crippen molar-refractivity contribution >= 4 is 0 Å². The zero-order valence-electron chi connectivity index (χ0n) is 15.7. The molecule has 0 fully saturated rings. The predicted octanol–water partition coefficient (Wildman–Crippen LogP) is 7.18. The first-order valence-corrected chi connectivity index (χ1v) is 9.40. The van der Waals surface area contributed by atoms with Crippen LogP contribution in [-0.4, -0.2) is 0 Å². The van der Waals surface area contributed by atoms with E-state index >= 15 is 0 Å². The van der Waals surface area contributed by atoms with Crippen molar-refractivity contribution in [2.75, 3.05) is 0 Å². The summed E-state index contributed by atoms with van der Waals surface area (Å²) in [5.41, 5.74) is 0. The molecule has 0 amide bonds. The van der Waals surface area contributed by atoms with Gasteiger partial charge in [0.15, 0.2) is 0 Å². The van der Waals surface area contributed by atoms with E-state index in [0.29, 0.717) is 0 Å². The Bertz CT molecular complexity index is 220. The summed E-state index contributed by atoms with van der Waals surface area (Å²) in [5.74, 6) is 5.40. The van der Waals surface area contributed by atoms with Crippen LogP contribution < -0.4 is 0 Å². The molecule has 0 aromatic carbocycles. The van der Waals surface area contributed by atoms with E-state index in [1.807, 2.05) is 0 Å². The van der Waals surface area contributed by atoms with Crippen LogP contribution in [0.15, 0.2) is 0 Å². The molecule has 6 unspecified atom stereocenters. The van der Waals surface area contributed by atoms with E-state index in [1.54, 1.807) is 0 Å². The summed E-state index contributed by atoms with van der Waals surface area (Å²) in [6, 6.07) is 0. The zero-order chi connectivity index (χ0) is 15.7. The normalized spacial score (nSPS) is 21.0. The summed E-state index contributed by atoms with van der Waals surface area (Å²) < 4.78 is 0. The van der Waals surface area contributed by atoms with Crippen LogP contribution in [0.2, 0.25) is 0 Å². The molecule has 0 aromatic heterocycles. The van der Waals surface area contributed by atoms with Gasteiger partial charge in [-0.05, 0) is 48.3 Å². The monoisotopic (exact) mass is 282 g/mol. The molecular formula is C20H42. The molecule has 0 aliphatic carbocycles. The van der Waals surface area contributed by atoms with Gasteiger partial charge in [-0.3, -0.25) is 0 Å². The molecule has 0 spiro atoms. The van der Waals surface area contributed by atoms with Gasteiger partial charge >= 0.3 is 0 Å². The largest absolute Gasteiger partial charge is 0.0651 e. The fraction of sp³-hybridized carbons (Fsp3) is 1.00. The third kappa shape index (κ3) is 6.64. The van der Waals surface area contributed by atoms with Crippen LogP contribution in [0.1, 0.15) is 93.9 Å². The van der Waals surface area contributed by atoms with Crippen LogP contribution in [-0.2, 0) is 0 Å². The van der Waals surface area contributed by atoms with Gasteiger partial charge < -0.3 is 0 Å². The Morgan fingerprint density at radius 2 is 1.05 bits per heavy atom. The molecule has 0 saturated carbocycles. The van der Waals surface area contributed by atoms with Gasteiger partial charge in [0.05, 0.1) is 0 Å². The van der Waals surface area contributed by atoms with Crippen molar-refractivity contribution < 1.29 is 0 Å². The highest BCUT2D eigenvalue weighted by atomic mass is 14.3. The summed E-state index contributed by atoms with van der Waals surface area (Å²) >= 11 is 0. The minimum atomic E-state index is 0.871. The summed E-state index contributed by atoms with van der Waals surface area (Å²) in [5, 5.41) is 0. The molecule has 0 radical (unpaired) electrons. The average molecular weight is 283 g/mol. The van der Waals surface area contributed by atoms with Crippen LogP contribution in [0.5, 0.6) is 0 Å². The molecule has 0 N–H and O–H groups in total. The molecule has 122 valence electrons. The van der Waals surface area contributed by atoms with Crippen molar-refractivity contribution in [3.05, 3.63) is 0 Å². The molecular weight excluding hydrogens is 240 g/mol. The highest BCUT2D eigenvalue weighted by Gasteiger charge is 2.25. The van der Waals surface area contributed by atoms with Crippen molar-refractivity contribution in [1.82, 2.24) is 0 Å². The Kier molecular flexibility index (Phi) is 10.7. The van der Waals surface area contributed by atoms with Crippen LogP contribution in [0.25, 0.3) is 0 Å². The van der Waals surface area contributed by atoms with Gasteiger partial charge in [0.1, 0.15) is 0 Å². The van der Waals surface area contributed by atoms with Crippen molar-refractivity contribution in [2.45, 2.75) is 93.9 Å². The van der Waals surface area contributed by atoms with Gasteiger partial charge in [0, 0.05) is 0 Å². The maximum Gasteiger partial charge on any atom is -0.0386 e. The van der Waals surface area contributed by atoms with Crippen molar-refractivity contribution in [2.24, 2.45) is 35.5 Å². The first-order valence-electron chi connectivity index (χ1n) is 9.40. The van der Waals surface area contributed by atoms with E-state index < -0.39 is 0 Å². The summed E-state index contributed by atoms with van der Waals surface area (Å²) in [6.07, 6.45) is 8.28. The lowest BCUT2D eigenvalue weighted by Crippen LogP contribution is -2.23. The van der Waals surface area contributed by atoms with Crippen LogP contribution in [0.3, 0.4) is 0 Å². The predicted molar refractivity (Wildman–Crippen MR) is 94.0 cm³/mol. The van der Waals surface area contributed by atoms with Gasteiger partial charge in [-0.25, -0.2) is 0 Å². The first-order chi connectivity index (χ1) is 9.40. The van der Waals surface area contributed by atoms with Crippen LogP contribution in [0.4, 0.5) is 0 Å². The van der Waals surface area contributed by atoms with Crippen LogP contribution in [0, 0.1) is 35.5 Å². The second-order valence-corrected chi connectivity index (χ2v) is 7.54. The highest BCUT2D eigenvalue weighted by molar-refractivity contribution is 4.76. The second kappa shape index (κ2) is 10.7. The number of hydrogen-bond donors (Lipinski definition) is 0. The van der Waals surface area contributed by atoms with Crippen LogP contribution >= 0.6 is 0 Å².